The Morgan fingerprint density at radius 1 is 0.279 bits per heavy atom. The molecule has 1 heteroatoms. The van der Waals surface area contributed by atoms with Crippen LogP contribution in [-0.2, 0) is 4.74 Å². The van der Waals surface area contributed by atoms with Gasteiger partial charge in [-0.25, -0.2) is 0 Å². The Kier molecular flexibility index (Phi) is 15.8. The van der Waals surface area contributed by atoms with Crippen LogP contribution in [0, 0.1) is 65.1 Å². The van der Waals surface area contributed by atoms with Crippen LogP contribution in [0.5, 0.6) is 0 Å². The van der Waals surface area contributed by atoms with Crippen molar-refractivity contribution in [2.24, 2.45) is 65.1 Å². The molecule has 0 saturated heterocycles. The van der Waals surface area contributed by atoms with Gasteiger partial charge in [-0.05, 0) is 155 Å². The third-order valence-corrected chi connectivity index (χ3v) is 14.4. The van der Waals surface area contributed by atoms with Crippen molar-refractivity contribution < 1.29 is 13.3 Å². The molecule has 43 heavy (non-hydrogen) atoms. The predicted octanol–water partition coefficient (Wildman–Crippen LogP) is 14.8. The van der Waals surface area contributed by atoms with E-state index in [0.29, 0.717) is 6.10 Å². The molecule has 1 nitrogen and oxygen atoms in total. The quantitative estimate of drug-likeness (QED) is 0.308. The fourth-order valence-electron chi connectivity index (χ4n) is 10.6. The highest BCUT2D eigenvalue weighted by Crippen LogP contribution is 2.43. The first-order valence-electron chi connectivity index (χ1n) is 20.3. The average molecular weight is 611 g/mol. The van der Waals surface area contributed by atoms with Crippen LogP contribution in [0.25, 0.3) is 0 Å². The summed E-state index contributed by atoms with van der Waals surface area (Å²) in [5.41, 5.74) is 0. The topological polar surface area (TPSA) is 9.23 Å². The van der Waals surface area contributed by atoms with Crippen LogP contribution in [0.1, 0.15) is 197 Å². The van der Waals surface area contributed by atoms with Crippen molar-refractivity contribution in [2.75, 3.05) is 7.11 Å². The van der Waals surface area contributed by atoms with Crippen molar-refractivity contribution in [1.82, 2.24) is 0 Å². The Labute approximate surface area is 280 Å². The molecule has 0 aromatic rings. The van der Waals surface area contributed by atoms with Crippen LogP contribution < -0.4 is 0 Å². The van der Waals surface area contributed by atoms with Crippen LogP contribution in [-0.4, -0.2) is 13.2 Å². The Bertz CT molecular complexity index is 629. The summed E-state index contributed by atoms with van der Waals surface area (Å²) in [5.74, 6) is 11.6. The standard InChI is InChI=1S/C14H26O.2C14H26.6H2/c1-11-3-5-12(6-4-11)13-7-9-14(15-2)10-8-13;2*1-11-3-7-13(8-4-11)14-9-5-12(2)6-10-14;;;;;;/h11-14H,3-10H2,1-2H3;2*11-14H,3-10H2,1-2H3;6*1H. The summed E-state index contributed by atoms with van der Waals surface area (Å²) < 4.78 is 5.44. The Morgan fingerprint density at radius 2 is 0.442 bits per heavy atom. The number of methoxy groups -OCH3 is 1. The number of hydrogen-bond acceptors (Lipinski definition) is 1. The van der Waals surface area contributed by atoms with Gasteiger partial charge in [0.25, 0.3) is 0 Å². The first kappa shape index (κ1) is 35.8. The van der Waals surface area contributed by atoms with Gasteiger partial charge in [-0.15, -0.1) is 0 Å². The van der Waals surface area contributed by atoms with Gasteiger partial charge in [0.2, 0.25) is 0 Å². The smallest absolute Gasteiger partial charge is 0.0571 e. The fourth-order valence-corrected chi connectivity index (χ4v) is 10.6. The normalized spacial score (nSPS) is 44.2. The maximum atomic E-state index is 5.44. The van der Waals surface area contributed by atoms with Gasteiger partial charge in [-0.1, -0.05) is 98.8 Å². The minimum atomic E-state index is 0. The molecule has 0 N–H and O–H groups in total. The Morgan fingerprint density at radius 3 is 0.605 bits per heavy atom. The second-order valence-corrected chi connectivity index (χ2v) is 17.9. The van der Waals surface area contributed by atoms with E-state index in [0.717, 1.165) is 65.1 Å². The summed E-state index contributed by atoms with van der Waals surface area (Å²) in [6, 6.07) is 0. The summed E-state index contributed by atoms with van der Waals surface area (Å²) in [6.45, 7) is 12.1. The van der Waals surface area contributed by atoms with Crippen molar-refractivity contribution in [3.63, 3.8) is 0 Å². The third kappa shape index (κ3) is 12.2. The predicted molar refractivity (Wildman–Crippen MR) is 201 cm³/mol. The molecule has 0 aromatic carbocycles. The molecule has 0 amide bonds. The minimum Gasteiger partial charge on any atom is -0.381 e. The number of ether oxygens (including phenoxy) is 1. The van der Waals surface area contributed by atoms with Crippen molar-refractivity contribution >= 4 is 0 Å². The molecule has 6 saturated carbocycles. The lowest BCUT2D eigenvalue weighted by molar-refractivity contribution is 0.0399. The molecule has 0 atom stereocenters. The molecule has 6 aliphatic rings. The highest BCUT2D eigenvalue weighted by Gasteiger charge is 2.31. The van der Waals surface area contributed by atoms with Gasteiger partial charge in [-0.2, -0.15) is 0 Å². The zero-order valence-corrected chi connectivity index (χ0v) is 30.3. The lowest BCUT2D eigenvalue weighted by Gasteiger charge is -2.36. The highest BCUT2D eigenvalue weighted by molar-refractivity contribution is 4.83. The van der Waals surface area contributed by atoms with Crippen molar-refractivity contribution in [2.45, 2.75) is 195 Å². The van der Waals surface area contributed by atoms with Crippen molar-refractivity contribution in [3.05, 3.63) is 0 Å². The molecule has 0 unspecified atom stereocenters. The van der Waals surface area contributed by atoms with E-state index in [9.17, 15) is 0 Å². The highest BCUT2D eigenvalue weighted by atomic mass is 16.5. The SMILES string of the molecule is CC1CCC(C2CCC(C)CC2)CC1.CC1CCC(C2CCC(C)CC2)CC1.COC1CCC(C2CCC(C)CC2)CC1.[HH].[HH].[HH].[HH].[HH].[HH]. The summed E-state index contributed by atoms with van der Waals surface area (Å²) in [7, 11) is 1.87. The van der Waals surface area contributed by atoms with Gasteiger partial charge in [0.05, 0.1) is 6.10 Å². The molecular formula is C42H90O. The van der Waals surface area contributed by atoms with Crippen LogP contribution in [0.15, 0.2) is 0 Å². The van der Waals surface area contributed by atoms with Crippen LogP contribution >= 0.6 is 0 Å². The number of hydrogen-bond donors (Lipinski definition) is 0. The first-order chi connectivity index (χ1) is 20.8. The minimum absolute atomic E-state index is 0. The molecule has 0 spiro atoms. The van der Waals surface area contributed by atoms with E-state index in [-0.39, 0.29) is 8.56 Å². The maximum Gasteiger partial charge on any atom is 0.0571 e. The lowest BCUT2D eigenvalue weighted by atomic mass is 9.70. The molecule has 0 aromatic heterocycles. The summed E-state index contributed by atoms with van der Waals surface area (Å²) >= 11 is 0. The van der Waals surface area contributed by atoms with Gasteiger partial charge in [0, 0.05) is 15.7 Å². The second-order valence-electron chi connectivity index (χ2n) is 17.9. The number of rotatable bonds is 4. The van der Waals surface area contributed by atoms with Crippen LogP contribution in [0.3, 0.4) is 0 Å². The van der Waals surface area contributed by atoms with Gasteiger partial charge < -0.3 is 4.74 Å². The largest absolute Gasteiger partial charge is 0.381 e. The van der Waals surface area contributed by atoms with Gasteiger partial charge in [0.1, 0.15) is 0 Å². The zero-order chi connectivity index (χ0) is 30.6. The molecular weight excluding hydrogens is 520 g/mol. The summed E-state index contributed by atoms with van der Waals surface area (Å²) in [4.78, 5) is 0. The van der Waals surface area contributed by atoms with E-state index in [1.807, 2.05) is 7.11 Å². The fraction of sp³-hybridized carbons (Fsp3) is 1.00. The molecule has 0 bridgehead atoms. The zero-order valence-electron chi connectivity index (χ0n) is 30.3. The summed E-state index contributed by atoms with van der Waals surface area (Å²) in [6.07, 6.45) is 36.4. The molecule has 0 radical (unpaired) electrons. The van der Waals surface area contributed by atoms with Crippen LogP contribution in [0.4, 0.5) is 0 Å². The Hall–Kier alpha value is -0.0400. The monoisotopic (exact) mass is 611 g/mol. The molecule has 0 heterocycles. The second kappa shape index (κ2) is 18.9. The van der Waals surface area contributed by atoms with Crippen molar-refractivity contribution in [3.8, 4) is 0 Å². The van der Waals surface area contributed by atoms with Gasteiger partial charge in [0.15, 0.2) is 0 Å². The average Bonchev–Trinajstić information content (AvgIpc) is 3.04. The maximum absolute atomic E-state index is 5.44. The van der Waals surface area contributed by atoms with E-state index < -0.39 is 0 Å². The van der Waals surface area contributed by atoms with Gasteiger partial charge >= 0.3 is 0 Å². The molecule has 264 valence electrons. The molecule has 6 fully saturated rings. The van der Waals surface area contributed by atoms with Crippen molar-refractivity contribution in [1.29, 1.82) is 0 Å². The summed E-state index contributed by atoms with van der Waals surface area (Å²) in [5, 5.41) is 0. The van der Waals surface area contributed by atoms with Gasteiger partial charge in [-0.3, -0.25) is 0 Å². The van der Waals surface area contributed by atoms with E-state index >= 15 is 0 Å². The van der Waals surface area contributed by atoms with E-state index in [4.69, 9.17) is 4.74 Å². The Balaban J connectivity index is -0.000000611. The lowest BCUT2D eigenvalue weighted by Crippen LogP contribution is -2.27. The third-order valence-electron chi connectivity index (χ3n) is 14.4. The van der Waals surface area contributed by atoms with E-state index in [2.05, 4.69) is 34.6 Å². The molecule has 6 aliphatic carbocycles. The van der Waals surface area contributed by atoms with E-state index in [1.54, 1.807) is 51.4 Å². The van der Waals surface area contributed by atoms with E-state index in [1.165, 1.54) is 103 Å². The molecule has 6 rings (SSSR count). The first-order valence-corrected chi connectivity index (χ1v) is 20.3. The van der Waals surface area contributed by atoms with Crippen LogP contribution in [0.2, 0.25) is 0 Å². The molecule has 0 aliphatic heterocycles.